The second kappa shape index (κ2) is 6.47. The number of amidine groups is 1. The molecule has 8 heteroatoms. The van der Waals surface area contributed by atoms with Crippen molar-refractivity contribution in [1.82, 2.24) is 4.90 Å². The topological polar surface area (TPSA) is 78.9 Å². The first-order chi connectivity index (χ1) is 9.66. The van der Waals surface area contributed by atoms with Gasteiger partial charge in [0.05, 0.1) is 12.1 Å². The lowest BCUT2D eigenvalue weighted by Gasteiger charge is -2.26. The average molecular weight is 303 g/mol. The number of carbonyl (C=O) groups excluding carboxylic acids is 1. The molecule has 0 saturated carbocycles. The molecule has 1 rings (SSSR count). The molecule has 21 heavy (non-hydrogen) atoms. The Balaban J connectivity index is 2.99. The number of alkyl halides is 3. The Bertz CT molecular complexity index is 524. The van der Waals surface area contributed by atoms with E-state index in [1.54, 1.807) is 13.8 Å². The maximum Gasteiger partial charge on any atom is 0.416 e. The Morgan fingerprint density at radius 3 is 2.24 bits per heavy atom. The van der Waals surface area contributed by atoms with E-state index < -0.39 is 17.6 Å². The van der Waals surface area contributed by atoms with E-state index >= 15 is 0 Å². The summed E-state index contributed by atoms with van der Waals surface area (Å²) in [7, 11) is 0. The van der Waals surface area contributed by atoms with Crippen LogP contribution >= 0.6 is 0 Å². The van der Waals surface area contributed by atoms with Gasteiger partial charge in [0.2, 0.25) is 0 Å². The zero-order valence-corrected chi connectivity index (χ0v) is 11.6. The summed E-state index contributed by atoms with van der Waals surface area (Å²) in [6.45, 7) is 3.31. The highest BCUT2D eigenvalue weighted by Gasteiger charge is 2.30. The molecular formula is C13H16F3N3O2. The first kappa shape index (κ1) is 16.8. The molecule has 0 saturated heterocycles. The number of oxime groups is 1. The molecule has 5 nitrogen and oxygen atoms in total. The van der Waals surface area contributed by atoms with E-state index in [2.05, 4.69) is 5.16 Å². The highest BCUT2D eigenvalue weighted by molar-refractivity contribution is 5.97. The van der Waals surface area contributed by atoms with E-state index in [-0.39, 0.29) is 24.0 Å². The van der Waals surface area contributed by atoms with Gasteiger partial charge >= 0.3 is 6.18 Å². The molecule has 1 aromatic carbocycles. The molecule has 0 aromatic heterocycles. The van der Waals surface area contributed by atoms with Crippen LogP contribution in [-0.4, -0.2) is 34.4 Å². The van der Waals surface area contributed by atoms with E-state index in [4.69, 9.17) is 10.9 Å². The lowest BCUT2D eigenvalue weighted by Crippen LogP contribution is -2.42. The first-order valence-corrected chi connectivity index (χ1v) is 6.11. The Morgan fingerprint density at radius 1 is 1.33 bits per heavy atom. The number of amides is 1. The molecule has 0 aliphatic heterocycles. The Labute approximate surface area is 119 Å². The third-order valence-electron chi connectivity index (χ3n) is 2.80. The van der Waals surface area contributed by atoms with Crippen LogP contribution in [0.2, 0.25) is 0 Å². The van der Waals surface area contributed by atoms with Crippen molar-refractivity contribution < 1.29 is 23.2 Å². The first-order valence-electron chi connectivity index (χ1n) is 6.11. The molecule has 0 fully saturated rings. The zero-order valence-electron chi connectivity index (χ0n) is 11.6. The minimum Gasteiger partial charge on any atom is -0.409 e. The van der Waals surface area contributed by atoms with Gasteiger partial charge in [0.25, 0.3) is 5.91 Å². The van der Waals surface area contributed by atoms with E-state index in [0.717, 1.165) is 24.3 Å². The Kier molecular flexibility index (Phi) is 5.17. The van der Waals surface area contributed by atoms with Gasteiger partial charge in [-0.1, -0.05) is 5.16 Å². The van der Waals surface area contributed by atoms with Crippen molar-refractivity contribution in [2.24, 2.45) is 10.9 Å². The molecule has 0 spiro atoms. The molecule has 1 aromatic rings. The third kappa shape index (κ3) is 4.37. The van der Waals surface area contributed by atoms with Crippen LogP contribution in [0.1, 0.15) is 29.8 Å². The molecule has 1 amide bonds. The summed E-state index contributed by atoms with van der Waals surface area (Å²) in [6.07, 6.45) is -4.45. The van der Waals surface area contributed by atoms with Crippen LogP contribution in [0.25, 0.3) is 0 Å². The quantitative estimate of drug-likeness (QED) is 0.388. The molecule has 0 aliphatic carbocycles. The van der Waals surface area contributed by atoms with Gasteiger partial charge < -0.3 is 15.8 Å². The van der Waals surface area contributed by atoms with Crippen LogP contribution in [0.4, 0.5) is 13.2 Å². The van der Waals surface area contributed by atoms with Crippen LogP contribution in [0.15, 0.2) is 29.4 Å². The van der Waals surface area contributed by atoms with Crippen molar-refractivity contribution in [3.8, 4) is 0 Å². The average Bonchev–Trinajstić information content (AvgIpc) is 2.42. The molecular weight excluding hydrogens is 287 g/mol. The monoisotopic (exact) mass is 303 g/mol. The van der Waals surface area contributed by atoms with Crippen molar-refractivity contribution >= 4 is 11.7 Å². The molecule has 116 valence electrons. The van der Waals surface area contributed by atoms with Crippen LogP contribution < -0.4 is 5.73 Å². The molecule has 0 unspecified atom stereocenters. The predicted octanol–water partition coefficient (Wildman–Crippen LogP) is 2.30. The molecule has 0 radical (unpaired) electrons. The SMILES string of the molecule is CC(C)N(CC(N)=NO)C(=O)c1ccc(C(F)(F)F)cc1. The van der Waals surface area contributed by atoms with Gasteiger partial charge in [-0.2, -0.15) is 13.2 Å². The number of benzene rings is 1. The number of hydrogen-bond donors (Lipinski definition) is 2. The number of rotatable bonds is 4. The number of nitrogens with two attached hydrogens (primary N) is 1. The normalized spacial score (nSPS) is 12.6. The van der Waals surface area contributed by atoms with Crippen molar-refractivity contribution in [1.29, 1.82) is 0 Å². The van der Waals surface area contributed by atoms with Gasteiger partial charge in [-0.15, -0.1) is 0 Å². The number of halogens is 3. The van der Waals surface area contributed by atoms with Crippen molar-refractivity contribution in [3.63, 3.8) is 0 Å². The summed E-state index contributed by atoms with van der Waals surface area (Å²) < 4.78 is 37.4. The zero-order chi connectivity index (χ0) is 16.2. The molecule has 3 N–H and O–H groups in total. The third-order valence-corrected chi connectivity index (χ3v) is 2.80. The Hall–Kier alpha value is -2.25. The summed E-state index contributed by atoms with van der Waals surface area (Å²) >= 11 is 0. The van der Waals surface area contributed by atoms with Gasteiger partial charge in [0.15, 0.2) is 5.84 Å². The highest BCUT2D eigenvalue weighted by Crippen LogP contribution is 2.29. The van der Waals surface area contributed by atoms with Crippen LogP contribution in [0.5, 0.6) is 0 Å². The summed E-state index contributed by atoms with van der Waals surface area (Å²) in [6, 6.07) is 3.63. The van der Waals surface area contributed by atoms with E-state index in [1.165, 1.54) is 4.90 Å². The molecule has 0 heterocycles. The second-order valence-corrected chi connectivity index (χ2v) is 4.69. The fourth-order valence-corrected chi connectivity index (χ4v) is 1.66. The van der Waals surface area contributed by atoms with Crippen molar-refractivity contribution in [2.45, 2.75) is 26.1 Å². The van der Waals surface area contributed by atoms with Crippen LogP contribution in [-0.2, 0) is 6.18 Å². The summed E-state index contributed by atoms with van der Waals surface area (Å²) in [5.74, 6) is -0.658. The van der Waals surface area contributed by atoms with Gasteiger partial charge in [-0.3, -0.25) is 4.79 Å². The standard InChI is InChI=1S/C13H16F3N3O2/c1-8(2)19(7-11(17)18-21)12(20)9-3-5-10(6-4-9)13(14,15)16/h3-6,8,21H,7H2,1-2H3,(H2,17,18). The maximum absolute atomic E-state index is 12.5. The minimum absolute atomic E-state index is 0.0995. The van der Waals surface area contributed by atoms with Gasteiger partial charge in [-0.25, -0.2) is 0 Å². The molecule has 0 atom stereocenters. The smallest absolute Gasteiger partial charge is 0.409 e. The highest BCUT2D eigenvalue weighted by atomic mass is 19.4. The van der Waals surface area contributed by atoms with Gasteiger partial charge in [-0.05, 0) is 38.1 Å². The largest absolute Gasteiger partial charge is 0.416 e. The fourth-order valence-electron chi connectivity index (χ4n) is 1.66. The van der Waals surface area contributed by atoms with Crippen molar-refractivity contribution in [3.05, 3.63) is 35.4 Å². The molecule has 0 bridgehead atoms. The van der Waals surface area contributed by atoms with Crippen LogP contribution in [0.3, 0.4) is 0 Å². The maximum atomic E-state index is 12.5. The summed E-state index contributed by atoms with van der Waals surface area (Å²) in [5.41, 5.74) is 4.64. The number of nitrogens with zero attached hydrogens (tertiary/aromatic N) is 2. The number of carbonyl (C=O) groups is 1. The van der Waals surface area contributed by atoms with Crippen molar-refractivity contribution in [2.75, 3.05) is 6.54 Å². The minimum atomic E-state index is -4.45. The fraction of sp³-hybridized carbons (Fsp3) is 0.385. The van der Waals surface area contributed by atoms with E-state index in [1.807, 2.05) is 0 Å². The summed E-state index contributed by atoms with van der Waals surface area (Å²) in [4.78, 5) is 13.5. The Morgan fingerprint density at radius 2 is 1.86 bits per heavy atom. The lowest BCUT2D eigenvalue weighted by atomic mass is 10.1. The summed E-state index contributed by atoms with van der Waals surface area (Å²) in [5, 5.41) is 11.3. The molecule has 0 aliphatic rings. The van der Waals surface area contributed by atoms with Gasteiger partial charge in [0, 0.05) is 11.6 Å². The second-order valence-electron chi connectivity index (χ2n) is 4.69. The van der Waals surface area contributed by atoms with E-state index in [0.29, 0.717) is 0 Å². The predicted molar refractivity (Wildman–Crippen MR) is 71.0 cm³/mol. The lowest BCUT2D eigenvalue weighted by molar-refractivity contribution is -0.137. The van der Waals surface area contributed by atoms with Crippen LogP contribution in [0, 0.1) is 0 Å². The van der Waals surface area contributed by atoms with Gasteiger partial charge in [0.1, 0.15) is 0 Å². The number of hydrogen-bond acceptors (Lipinski definition) is 3. The van der Waals surface area contributed by atoms with E-state index in [9.17, 15) is 18.0 Å².